The third kappa shape index (κ3) is 3.65. The first-order valence-corrected chi connectivity index (χ1v) is 15.8. The van der Waals surface area contributed by atoms with Crippen molar-refractivity contribution in [3.8, 4) is 11.5 Å². The molecule has 0 fully saturated rings. The first kappa shape index (κ1) is 28.0. The molecular formula is C40H26N2O6. The molecule has 2 aliphatic heterocycles. The molecule has 0 aromatic heterocycles. The van der Waals surface area contributed by atoms with E-state index >= 15 is 0 Å². The third-order valence-corrected chi connectivity index (χ3v) is 9.45. The van der Waals surface area contributed by atoms with Crippen LogP contribution in [-0.2, 0) is 0 Å². The van der Waals surface area contributed by atoms with Crippen LogP contribution in [0.5, 0.6) is 11.5 Å². The molecule has 7 aromatic rings. The minimum atomic E-state index is -0.401. The lowest BCUT2D eigenvalue weighted by Crippen LogP contribution is -2.40. The van der Waals surface area contributed by atoms with Crippen molar-refractivity contribution in [2.75, 3.05) is 23.0 Å². The molecular weight excluding hydrogens is 604 g/mol. The SMILES string of the molecule is CCOc1ccc(N2C(=O)c3ccc4c5ccc6c7c(ccc(c8ccc(c3c48)C2=O)c75)C(=O)N(c2ccc(OCC)cc2)C6=O)cc1. The van der Waals surface area contributed by atoms with E-state index in [1.54, 1.807) is 72.8 Å². The van der Waals surface area contributed by atoms with Crippen molar-refractivity contribution >= 4 is 78.1 Å². The second-order valence-corrected chi connectivity index (χ2v) is 11.9. The van der Waals surface area contributed by atoms with Crippen molar-refractivity contribution in [1.82, 2.24) is 0 Å². The van der Waals surface area contributed by atoms with Gasteiger partial charge in [0.05, 0.1) is 24.6 Å². The van der Waals surface area contributed by atoms with Crippen molar-refractivity contribution in [2.45, 2.75) is 13.8 Å². The molecule has 0 N–H and O–H groups in total. The molecule has 4 amide bonds. The van der Waals surface area contributed by atoms with E-state index in [0.717, 1.165) is 32.3 Å². The second-order valence-electron chi connectivity index (χ2n) is 11.9. The van der Waals surface area contributed by atoms with Gasteiger partial charge in [-0.05, 0) is 119 Å². The number of amides is 4. The molecule has 0 radical (unpaired) electrons. The zero-order valence-corrected chi connectivity index (χ0v) is 26.0. The van der Waals surface area contributed by atoms with Crippen LogP contribution in [0.1, 0.15) is 55.3 Å². The van der Waals surface area contributed by atoms with E-state index in [1.807, 2.05) is 38.1 Å². The summed E-state index contributed by atoms with van der Waals surface area (Å²) >= 11 is 0. The fourth-order valence-corrected chi connectivity index (χ4v) is 7.45. The van der Waals surface area contributed by atoms with Gasteiger partial charge in [0, 0.05) is 33.0 Å². The molecule has 2 aliphatic rings. The van der Waals surface area contributed by atoms with Gasteiger partial charge in [0.15, 0.2) is 0 Å². The number of benzene rings is 7. The Hall–Kier alpha value is -6.28. The molecule has 0 spiro atoms. The van der Waals surface area contributed by atoms with Gasteiger partial charge in [-0.2, -0.15) is 0 Å². The van der Waals surface area contributed by atoms with Crippen LogP contribution in [0.2, 0.25) is 0 Å². The summed E-state index contributed by atoms with van der Waals surface area (Å²) in [6.45, 7) is 4.80. The van der Waals surface area contributed by atoms with E-state index in [-0.39, 0.29) is 0 Å². The second kappa shape index (κ2) is 10.1. The summed E-state index contributed by atoms with van der Waals surface area (Å²) in [5.41, 5.74) is 2.67. The minimum Gasteiger partial charge on any atom is -0.494 e. The minimum absolute atomic E-state index is 0.401. The number of anilines is 2. The number of hydrogen-bond acceptors (Lipinski definition) is 6. The first-order valence-electron chi connectivity index (χ1n) is 15.8. The number of fused-ring (bicyclic) bond motifs is 2. The lowest BCUT2D eigenvalue weighted by Gasteiger charge is -2.30. The molecule has 0 atom stereocenters. The summed E-state index contributed by atoms with van der Waals surface area (Å²) < 4.78 is 11.1. The molecule has 0 bridgehead atoms. The Kier molecular flexibility index (Phi) is 5.89. The summed E-state index contributed by atoms with van der Waals surface area (Å²) in [5.74, 6) is -0.292. The summed E-state index contributed by atoms with van der Waals surface area (Å²) in [6, 6.07) is 28.5. The summed E-state index contributed by atoms with van der Waals surface area (Å²) in [6.07, 6.45) is 0. The quantitative estimate of drug-likeness (QED) is 0.105. The van der Waals surface area contributed by atoms with Gasteiger partial charge >= 0.3 is 0 Å². The highest BCUT2D eigenvalue weighted by Crippen LogP contribution is 2.47. The van der Waals surface area contributed by atoms with E-state index in [4.69, 9.17) is 9.47 Å². The Morgan fingerprint density at radius 2 is 0.688 bits per heavy atom. The zero-order valence-electron chi connectivity index (χ0n) is 26.0. The Bertz CT molecular complexity index is 2260. The first-order chi connectivity index (χ1) is 23.4. The average Bonchev–Trinajstić information content (AvgIpc) is 3.10. The molecule has 8 nitrogen and oxygen atoms in total. The summed E-state index contributed by atoms with van der Waals surface area (Å²) in [5, 5.41) is 6.18. The van der Waals surface area contributed by atoms with Gasteiger partial charge < -0.3 is 9.47 Å². The van der Waals surface area contributed by atoms with Gasteiger partial charge in [0.2, 0.25) is 0 Å². The van der Waals surface area contributed by atoms with Gasteiger partial charge in [-0.3, -0.25) is 19.2 Å². The number of rotatable bonds is 6. The molecule has 232 valence electrons. The maximum atomic E-state index is 14.0. The van der Waals surface area contributed by atoms with E-state index in [1.165, 1.54) is 9.80 Å². The van der Waals surface area contributed by atoms with E-state index in [9.17, 15) is 19.2 Å². The van der Waals surface area contributed by atoms with Crippen molar-refractivity contribution in [3.05, 3.63) is 119 Å². The third-order valence-electron chi connectivity index (χ3n) is 9.45. The van der Waals surface area contributed by atoms with E-state index in [2.05, 4.69) is 0 Å². The van der Waals surface area contributed by atoms with Crippen molar-refractivity contribution in [3.63, 3.8) is 0 Å². The lowest BCUT2D eigenvalue weighted by molar-refractivity contribution is 0.0877. The van der Waals surface area contributed by atoms with Crippen LogP contribution in [0.3, 0.4) is 0 Å². The maximum Gasteiger partial charge on any atom is 0.265 e. The highest BCUT2D eigenvalue weighted by Gasteiger charge is 2.38. The summed E-state index contributed by atoms with van der Waals surface area (Å²) in [4.78, 5) is 58.4. The number of nitrogens with zero attached hydrogens (tertiary/aromatic N) is 2. The van der Waals surface area contributed by atoms with E-state index in [0.29, 0.717) is 69.1 Å². The smallest absolute Gasteiger partial charge is 0.265 e. The zero-order chi connectivity index (χ0) is 32.8. The Morgan fingerprint density at radius 3 is 0.958 bits per heavy atom. The molecule has 8 heteroatoms. The molecule has 2 heterocycles. The van der Waals surface area contributed by atoms with E-state index < -0.39 is 23.6 Å². The fourth-order valence-electron chi connectivity index (χ4n) is 7.45. The number of carbonyl (C=O) groups is 4. The molecule has 9 rings (SSSR count). The number of imide groups is 2. The lowest BCUT2D eigenvalue weighted by atomic mass is 9.82. The standard InChI is InChI=1S/C40H26N2O6/c1-3-47-23-9-5-21(6-10-23)41-37(43)29-17-13-25-27-15-19-31-36-32(40(46)42(39(31)45)22-7-11-24(12-8-22)48-4-2)20-16-28(34(27)36)26-14-18-30(38(41)44)35(29)33(25)26/h5-20H,3-4H2,1-2H3. The van der Waals surface area contributed by atoms with Gasteiger partial charge in [-0.15, -0.1) is 0 Å². The number of ether oxygens (including phenoxy) is 2. The molecule has 7 aromatic carbocycles. The predicted octanol–water partition coefficient (Wildman–Crippen LogP) is 8.14. The van der Waals surface area contributed by atoms with Crippen LogP contribution in [0.4, 0.5) is 11.4 Å². The molecule has 0 saturated heterocycles. The monoisotopic (exact) mass is 630 g/mol. The Balaban J connectivity index is 1.23. The topological polar surface area (TPSA) is 93.2 Å². The molecule has 48 heavy (non-hydrogen) atoms. The number of carbonyl (C=O) groups excluding carboxylic acids is 4. The predicted molar refractivity (Wildman–Crippen MR) is 185 cm³/mol. The van der Waals surface area contributed by atoms with Crippen LogP contribution < -0.4 is 19.3 Å². The Labute approximate surface area is 274 Å². The molecule has 0 aliphatic carbocycles. The van der Waals surface area contributed by atoms with Gasteiger partial charge in [-0.25, -0.2) is 9.80 Å². The van der Waals surface area contributed by atoms with Crippen molar-refractivity contribution in [2.24, 2.45) is 0 Å². The van der Waals surface area contributed by atoms with Crippen LogP contribution in [0.25, 0.3) is 43.1 Å². The molecule has 0 unspecified atom stereocenters. The normalized spacial score (nSPS) is 14.3. The summed E-state index contributed by atoms with van der Waals surface area (Å²) in [7, 11) is 0. The number of hydrogen-bond donors (Lipinski definition) is 0. The highest BCUT2D eigenvalue weighted by atomic mass is 16.5. The largest absolute Gasteiger partial charge is 0.494 e. The van der Waals surface area contributed by atoms with Gasteiger partial charge in [0.25, 0.3) is 23.6 Å². The Morgan fingerprint density at radius 1 is 0.396 bits per heavy atom. The van der Waals surface area contributed by atoms with Crippen molar-refractivity contribution < 1.29 is 28.7 Å². The average molecular weight is 631 g/mol. The van der Waals surface area contributed by atoms with Gasteiger partial charge in [-0.1, -0.05) is 24.3 Å². The van der Waals surface area contributed by atoms with Crippen molar-refractivity contribution in [1.29, 1.82) is 0 Å². The van der Waals surface area contributed by atoms with Crippen LogP contribution in [0.15, 0.2) is 97.1 Å². The fraction of sp³-hybridized carbons (Fsp3) is 0.100. The molecule has 0 saturated carbocycles. The maximum absolute atomic E-state index is 14.0. The van der Waals surface area contributed by atoms with Crippen LogP contribution in [-0.4, -0.2) is 36.8 Å². The van der Waals surface area contributed by atoms with Crippen LogP contribution in [0, 0.1) is 0 Å². The van der Waals surface area contributed by atoms with Crippen LogP contribution >= 0.6 is 0 Å². The van der Waals surface area contributed by atoms with Gasteiger partial charge in [0.1, 0.15) is 11.5 Å². The highest BCUT2D eigenvalue weighted by molar-refractivity contribution is 6.45.